The van der Waals surface area contributed by atoms with Gasteiger partial charge in [0.15, 0.2) is 0 Å². The second kappa shape index (κ2) is 4.17. The molecule has 1 aromatic heterocycles. The van der Waals surface area contributed by atoms with Gasteiger partial charge in [0.2, 0.25) is 10.0 Å². The summed E-state index contributed by atoms with van der Waals surface area (Å²) in [5, 5.41) is 0. The Bertz CT molecular complexity index is 576. The monoisotopic (exact) mass is 271 g/mol. The van der Waals surface area contributed by atoms with Gasteiger partial charge in [-0.05, 0) is 25.3 Å². The molecule has 0 spiro atoms. The molecule has 2 aliphatic heterocycles. The summed E-state index contributed by atoms with van der Waals surface area (Å²) < 4.78 is 39.8. The molecule has 0 unspecified atom stereocenters. The summed E-state index contributed by atoms with van der Waals surface area (Å²) in [7, 11) is -3.65. The highest BCUT2D eigenvalue weighted by Crippen LogP contribution is 2.31. The fraction of sp³-hybridized carbons (Fsp3) is 0.545. The van der Waals surface area contributed by atoms with Crippen LogP contribution in [0.2, 0.25) is 0 Å². The highest BCUT2D eigenvalue weighted by Gasteiger charge is 2.34. The van der Waals surface area contributed by atoms with Gasteiger partial charge in [0.1, 0.15) is 16.5 Å². The number of halogens is 1. The van der Waals surface area contributed by atoms with Crippen LogP contribution in [0.5, 0.6) is 0 Å². The third-order valence-corrected chi connectivity index (χ3v) is 4.92. The molecule has 0 radical (unpaired) electrons. The van der Waals surface area contributed by atoms with Crippen molar-refractivity contribution in [3.63, 3.8) is 0 Å². The summed E-state index contributed by atoms with van der Waals surface area (Å²) in [4.78, 5) is 5.92. The van der Waals surface area contributed by atoms with E-state index >= 15 is 0 Å². The number of fused-ring (bicyclic) bond motifs is 3. The van der Waals surface area contributed by atoms with Gasteiger partial charge in [-0.2, -0.15) is 0 Å². The largest absolute Gasteiger partial charge is 0.351 e. The maximum atomic E-state index is 13.2. The predicted molar refractivity (Wildman–Crippen MR) is 64.4 cm³/mol. The van der Waals surface area contributed by atoms with Crippen molar-refractivity contribution in [3.05, 3.63) is 18.1 Å². The minimum Gasteiger partial charge on any atom is -0.351 e. The van der Waals surface area contributed by atoms with Gasteiger partial charge >= 0.3 is 0 Å². The molecule has 1 atom stereocenters. The molecule has 0 aliphatic carbocycles. The molecule has 0 bridgehead atoms. The molecule has 5 nitrogen and oxygen atoms in total. The first-order valence-corrected chi connectivity index (χ1v) is 7.48. The van der Waals surface area contributed by atoms with Gasteiger partial charge in [0.25, 0.3) is 0 Å². The maximum Gasteiger partial charge on any atom is 0.244 e. The van der Waals surface area contributed by atoms with Crippen LogP contribution in [0.1, 0.15) is 19.3 Å². The predicted octanol–water partition coefficient (Wildman–Crippen LogP) is 0.871. The summed E-state index contributed by atoms with van der Waals surface area (Å²) in [6.45, 7) is 1.13. The van der Waals surface area contributed by atoms with Crippen molar-refractivity contribution >= 4 is 15.8 Å². The lowest BCUT2D eigenvalue weighted by molar-refractivity contribution is 0.453. The van der Waals surface area contributed by atoms with Gasteiger partial charge in [-0.1, -0.05) is 0 Å². The van der Waals surface area contributed by atoms with Gasteiger partial charge in [0.05, 0.1) is 6.20 Å². The van der Waals surface area contributed by atoms with Gasteiger partial charge in [-0.25, -0.2) is 22.5 Å². The normalized spacial score (nSPS) is 26.1. The number of aromatic nitrogens is 1. The van der Waals surface area contributed by atoms with E-state index in [9.17, 15) is 12.8 Å². The van der Waals surface area contributed by atoms with E-state index in [1.807, 2.05) is 4.90 Å². The van der Waals surface area contributed by atoms with Crippen LogP contribution in [0.25, 0.3) is 0 Å². The number of rotatable bonds is 0. The van der Waals surface area contributed by atoms with E-state index in [1.165, 1.54) is 0 Å². The Balaban J connectivity index is 2.17. The minimum atomic E-state index is -3.65. The average molecular weight is 271 g/mol. The van der Waals surface area contributed by atoms with E-state index < -0.39 is 15.8 Å². The lowest BCUT2D eigenvalue weighted by Crippen LogP contribution is -2.44. The quantitative estimate of drug-likeness (QED) is 0.760. The van der Waals surface area contributed by atoms with Crippen LogP contribution in [-0.2, 0) is 10.0 Å². The molecule has 7 heteroatoms. The molecule has 98 valence electrons. The van der Waals surface area contributed by atoms with Crippen molar-refractivity contribution in [3.8, 4) is 0 Å². The number of hydrogen-bond acceptors (Lipinski definition) is 4. The van der Waals surface area contributed by atoms with E-state index in [4.69, 9.17) is 0 Å². The minimum absolute atomic E-state index is 0.0492. The molecule has 1 aromatic rings. The van der Waals surface area contributed by atoms with Crippen molar-refractivity contribution < 1.29 is 12.8 Å². The van der Waals surface area contributed by atoms with Crippen molar-refractivity contribution in [1.82, 2.24) is 9.71 Å². The van der Waals surface area contributed by atoms with E-state index in [2.05, 4.69) is 9.71 Å². The van der Waals surface area contributed by atoms with Crippen LogP contribution in [0.3, 0.4) is 0 Å². The lowest BCUT2D eigenvalue weighted by atomic mass is 10.0. The molecule has 18 heavy (non-hydrogen) atoms. The van der Waals surface area contributed by atoms with Gasteiger partial charge in [-0.3, -0.25) is 0 Å². The number of anilines is 1. The van der Waals surface area contributed by atoms with Crippen LogP contribution in [0.15, 0.2) is 17.2 Å². The highest BCUT2D eigenvalue weighted by molar-refractivity contribution is 7.89. The number of pyridine rings is 1. The van der Waals surface area contributed by atoms with Crippen molar-refractivity contribution in [1.29, 1.82) is 0 Å². The zero-order chi connectivity index (χ0) is 12.8. The molecule has 3 rings (SSSR count). The van der Waals surface area contributed by atoms with E-state index in [0.29, 0.717) is 12.4 Å². The second-order valence-corrected chi connectivity index (χ2v) is 6.41. The number of nitrogens with zero attached hydrogens (tertiary/aromatic N) is 2. The molecule has 1 N–H and O–H groups in total. The fourth-order valence-electron chi connectivity index (χ4n) is 2.60. The molecule has 2 aliphatic rings. The maximum absolute atomic E-state index is 13.2. The number of sulfonamides is 1. The van der Waals surface area contributed by atoms with Crippen molar-refractivity contribution in [2.24, 2.45) is 0 Å². The van der Waals surface area contributed by atoms with Gasteiger partial charge < -0.3 is 4.90 Å². The SMILES string of the molecule is O=S1(=O)NC[C@@H]2CCCCN2c2ncc(F)cc21. The number of hydrogen-bond donors (Lipinski definition) is 1. The number of piperidine rings is 1. The van der Waals surface area contributed by atoms with Crippen LogP contribution >= 0.6 is 0 Å². The van der Waals surface area contributed by atoms with Crippen LogP contribution in [-0.4, -0.2) is 32.5 Å². The molecule has 1 fully saturated rings. The van der Waals surface area contributed by atoms with Crippen LogP contribution in [0.4, 0.5) is 10.2 Å². The molecule has 0 saturated carbocycles. The first-order chi connectivity index (χ1) is 8.58. The highest BCUT2D eigenvalue weighted by atomic mass is 32.2. The van der Waals surface area contributed by atoms with E-state index in [-0.39, 0.29) is 10.9 Å². The van der Waals surface area contributed by atoms with Crippen LogP contribution in [0, 0.1) is 5.82 Å². The summed E-state index contributed by atoms with van der Waals surface area (Å²) in [6.07, 6.45) is 4.10. The first kappa shape index (κ1) is 11.9. The Kier molecular flexibility index (Phi) is 2.74. The molecule has 1 saturated heterocycles. The zero-order valence-electron chi connectivity index (χ0n) is 9.76. The third kappa shape index (κ3) is 1.87. The van der Waals surface area contributed by atoms with Crippen molar-refractivity contribution in [2.45, 2.75) is 30.2 Å². The third-order valence-electron chi connectivity index (χ3n) is 3.50. The average Bonchev–Trinajstić information content (AvgIpc) is 2.46. The second-order valence-electron chi connectivity index (χ2n) is 4.67. The summed E-state index contributed by atoms with van der Waals surface area (Å²) in [5.74, 6) is -0.249. The summed E-state index contributed by atoms with van der Waals surface area (Å²) in [6, 6.07) is 1.16. The molecule has 0 aromatic carbocycles. The standard InChI is InChI=1S/C11H14FN3O2S/c12-8-5-10-11(13-6-8)15-4-2-1-3-9(15)7-14-18(10,16)17/h5-6,9,14H,1-4,7H2/t9-/m0/s1. The molecular weight excluding hydrogens is 257 g/mol. The Morgan fingerprint density at radius 2 is 2.28 bits per heavy atom. The Labute approximate surface area is 105 Å². The van der Waals surface area contributed by atoms with E-state index in [0.717, 1.165) is 38.1 Å². The van der Waals surface area contributed by atoms with Crippen LogP contribution < -0.4 is 9.62 Å². The Morgan fingerprint density at radius 3 is 3.11 bits per heavy atom. The topological polar surface area (TPSA) is 62.3 Å². The zero-order valence-corrected chi connectivity index (χ0v) is 10.6. The molecular formula is C11H14FN3O2S. The van der Waals surface area contributed by atoms with Gasteiger partial charge in [0, 0.05) is 19.1 Å². The smallest absolute Gasteiger partial charge is 0.244 e. The Morgan fingerprint density at radius 1 is 1.44 bits per heavy atom. The first-order valence-electron chi connectivity index (χ1n) is 6.00. The van der Waals surface area contributed by atoms with Gasteiger partial charge in [-0.15, -0.1) is 0 Å². The number of nitrogens with one attached hydrogen (secondary N) is 1. The van der Waals surface area contributed by atoms with Crippen molar-refractivity contribution in [2.75, 3.05) is 18.0 Å². The Hall–Kier alpha value is -1.21. The molecule has 0 amide bonds. The lowest BCUT2D eigenvalue weighted by Gasteiger charge is -2.35. The molecule has 3 heterocycles. The summed E-state index contributed by atoms with van der Waals surface area (Å²) >= 11 is 0. The fourth-order valence-corrected chi connectivity index (χ4v) is 3.85. The van der Waals surface area contributed by atoms with E-state index in [1.54, 1.807) is 0 Å². The summed E-state index contributed by atoms with van der Waals surface area (Å²) in [5.41, 5.74) is 0.